The van der Waals surface area contributed by atoms with E-state index in [2.05, 4.69) is 43.5 Å². The summed E-state index contributed by atoms with van der Waals surface area (Å²) in [6, 6.07) is 3.12. The standard InChI is InChI=1S/C20H24ClF3N2/c1-13-6-5-11-19(3,4)16(13)9-7-14(2)25-26-18-12-15(20(22,23)24)8-10-17(18)21/h6-10,12,16,26H,5,11H2,1-4H3/b9-7+,25-14-/t16-/m0/s1. The van der Waals surface area contributed by atoms with Crippen LogP contribution in [0.2, 0.25) is 5.02 Å². The second-order valence-electron chi connectivity index (χ2n) is 7.37. The molecule has 0 fully saturated rings. The molecule has 0 heterocycles. The number of hydrogen-bond donors (Lipinski definition) is 1. The van der Waals surface area contributed by atoms with Crippen molar-refractivity contribution in [2.75, 3.05) is 5.43 Å². The van der Waals surface area contributed by atoms with E-state index in [1.165, 1.54) is 11.6 Å². The fourth-order valence-corrected chi connectivity index (χ4v) is 3.35. The molecule has 1 aliphatic carbocycles. The molecule has 1 aromatic rings. The Kier molecular flexibility index (Phi) is 6.22. The van der Waals surface area contributed by atoms with E-state index in [4.69, 9.17) is 11.6 Å². The van der Waals surface area contributed by atoms with Crippen LogP contribution >= 0.6 is 11.6 Å². The summed E-state index contributed by atoms with van der Waals surface area (Å²) in [6.45, 7) is 8.40. The third-order valence-corrected chi connectivity index (χ3v) is 5.09. The zero-order valence-electron chi connectivity index (χ0n) is 15.4. The van der Waals surface area contributed by atoms with Crippen LogP contribution in [0.15, 0.2) is 47.1 Å². The smallest absolute Gasteiger partial charge is 0.277 e. The predicted molar refractivity (Wildman–Crippen MR) is 103 cm³/mol. The average Bonchev–Trinajstić information content (AvgIpc) is 2.51. The molecule has 2 rings (SSSR count). The van der Waals surface area contributed by atoms with Crippen molar-refractivity contribution in [3.05, 3.63) is 52.6 Å². The summed E-state index contributed by atoms with van der Waals surface area (Å²) < 4.78 is 38.4. The number of nitrogens with one attached hydrogen (secondary N) is 1. The summed E-state index contributed by atoms with van der Waals surface area (Å²) in [7, 11) is 0. The molecule has 0 radical (unpaired) electrons. The normalized spacial score (nSPS) is 21.0. The molecule has 1 N–H and O–H groups in total. The van der Waals surface area contributed by atoms with Crippen molar-refractivity contribution in [3.8, 4) is 0 Å². The monoisotopic (exact) mass is 384 g/mol. The maximum absolute atomic E-state index is 12.8. The van der Waals surface area contributed by atoms with Gasteiger partial charge in [0.1, 0.15) is 0 Å². The van der Waals surface area contributed by atoms with E-state index in [1.54, 1.807) is 6.92 Å². The molecule has 1 aromatic carbocycles. The van der Waals surface area contributed by atoms with E-state index in [0.717, 1.165) is 25.0 Å². The van der Waals surface area contributed by atoms with Crippen LogP contribution in [0.4, 0.5) is 18.9 Å². The molecule has 0 amide bonds. The van der Waals surface area contributed by atoms with Crippen LogP contribution in [-0.2, 0) is 6.18 Å². The Balaban J connectivity index is 2.14. The van der Waals surface area contributed by atoms with Gasteiger partial charge in [-0.3, -0.25) is 5.43 Å². The fraction of sp³-hybridized carbons (Fsp3) is 0.450. The number of nitrogens with zero attached hydrogens (tertiary/aromatic N) is 1. The number of allylic oxidation sites excluding steroid dienone is 4. The van der Waals surface area contributed by atoms with Crippen molar-refractivity contribution in [1.82, 2.24) is 0 Å². The number of benzene rings is 1. The van der Waals surface area contributed by atoms with Crippen LogP contribution in [-0.4, -0.2) is 5.71 Å². The fourth-order valence-electron chi connectivity index (χ4n) is 3.19. The van der Waals surface area contributed by atoms with Crippen molar-refractivity contribution < 1.29 is 13.2 Å². The molecule has 1 atom stereocenters. The highest BCUT2D eigenvalue weighted by molar-refractivity contribution is 6.33. The lowest BCUT2D eigenvalue weighted by Gasteiger charge is -2.36. The topological polar surface area (TPSA) is 24.4 Å². The summed E-state index contributed by atoms with van der Waals surface area (Å²) in [5, 5.41) is 4.33. The van der Waals surface area contributed by atoms with Gasteiger partial charge in [0.15, 0.2) is 0 Å². The molecular formula is C20H24ClF3N2. The van der Waals surface area contributed by atoms with Gasteiger partial charge in [0.2, 0.25) is 0 Å². The summed E-state index contributed by atoms with van der Waals surface area (Å²) >= 11 is 5.96. The average molecular weight is 385 g/mol. The van der Waals surface area contributed by atoms with Gasteiger partial charge in [-0.05, 0) is 56.4 Å². The quantitative estimate of drug-likeness (QED) is 0.334. The number of anilines is 1. The molecule has 0 saturated heterocycles. The Morgan fingerprint density at radius 3 is 2.65 bits per heavy atom. The highest BCUT2D eigenvalue weighted by Crippen LogP contribution is 2.41. The van der Waals surface area contributed by atoms with Crippen LogP contribution < -0.4 is 5.43 Å². The van der Waals surface area contributed by atoms with Crippen LogP contribution in [0, 0.1) is 11.3 Å². The third kappa shape index (κ3) is 5.13. The van der Waals surface area contributed by atoms with E-state index >= 15 is 0 Å². The second kappa shape index (κ2) is 7.87. The lowest BCUT2D eigenvalue weighted by molar-refractivity contribution is -0.137. The van der Waals surface area contributed by atoms with E-state index in [0.29, 0.717) is 11.6 Å². The number of halogens is 4. The van der Waals surface area contributed by atoms with E-state index in [1.807, 2.05) is 6.08 Å². The van der Waals surface area contributed by atoms with Crippen LogP contribution in [0.3, 0.4) is 0 Å². The van der Waals surface area contributed by atoms with Crippen molar-refractivity contribution in [3.63, 3.8) is 0 Å². The van der Waals surface area contributed by atoms with Crippen LogP contribution in [0.1, 0.15) is 46.1 Å². The molecule has 0 bridgehead atoms. The van der Waals surface area contributed by atoms with Crippen molar-refractivity contribution in [2.24, 2.45) is 16.4 Å². The zero-order valence-corrected chi connectivity index (χ0v) is 16.2. The first-order valence-corrected chi connectivity index (χ1v) is 8.90. The molecule has 1 aliphatic rings. The van der Waals surface area contributed by atoms with Gasteiger partial charge >= 0.3 is 6.18 Å². The molecule has 2 nitrogen and oxygen atoms in total. The minimum absolute atomic E-state index is 0.128. The molecule has 142 valence electrons. The highest BCUT2D eigenvalue weighted by atomic mass is 35.5. The van der Waals surface area contributed by atoms with Gasteiger partial charge in [-0.1, -0.05) is 43.2 Å². The van der Waals surface area contributed by atoms with Gasteiger partial charge in [0.25, 0.3) is 0 Å². The number of hydrazone groups is 1. The number of alkyl halides is 3. The maximum atomic E-state index is 12.8. The number of rotatable bonds is 4. The first-order valence-electron chi connectivity index (χ1n) is 8.52. The minimum Gasteiger partial charge on any atom is -0.277 e. The van der Waals surface area contributed by atoms with Gasteiger partial charge in [0.05, 0.1) is 22.0 Å². The van der Waals surface area contributed by atoms with E-state index in [-0.39, 0.29) is 16.1 Å². The van der Waals surface area contributed by atoms with Gasteiger partial charge in [-0.15, -0.1) is 0 Å². The second-order valence-corrected chi connectivity index (χ2v) is 7.78. The number of hydrogen-bond acceptors (Lipinski definition) is 2. The predicted octanol–water partition coefficient (Wildman–Crippen LogP) is 7.09. The van der Waals surface area contributed by atoms with Crippen molar-refractivity contribution >= 4 is 23.0 Å². The lowest BCUT2D eigenvalue weighted by atomic mass is 9.68. The zero-order chi connectivity index (χ0) is 19.5. The first kappa shape index (κ1) is 20.6. The van der Waals surface area contributed by atoms with Crippen LogP contribution in [0.5, 0.6) is 0 Å². The SMILES string of the molecule is CC1=CCCC(C)(C)[C@H]1/C=C/C(C)=N\Nc1cc(C(F)(F)F)ccc1Cl. The Morgan fingerprint density at radius 2 is 2.04 bits per heavy atom. The van der Waals surface area contributed by atoms with E-state index in [9.17, 15) is 13.2 Å². The minimum atomic E-state index is -4.42. The molecular weight excluding hydrogens is 361 g/mol. The largest absolute Gasteiger partial charge is 0.416 e. The Hall–Kier alpha value is -1.75. The first-order chi connectivity index (χ1) is 12.0. The van der Waals surface area contributed by atoms with Crippen molar-refractivity contribution in [2.45, 2.75) is 46.7 Å². The molecule has 0 saturated carbocycles. The maximum Gasteiger partial charge on any atom is 0.416 e. The summed E-state index contributed by atoms with van der Waals surface area (Å²) in [5.74, 6) is 0.318. The Bertz CT molecular complexity index is 746. The Labute approximate surface area is 157 Å². The van der Waals surface area contributed by atoms with E-state index < -0.39 is 11.7 Å². The molecule has 0 aromatic heterocycles. The summed E-state index contributed by atoms with van der Waals surface area (Å²) in [4.78, 5) is 0. The third-order valence-electron chi connectivity index (χ3n) is 4.76. The van der Waals surface area contributed by atoms with Crippen LogP contribution in [0.25, 0.3) is 0 Å². The molecule has 26 heavy (non-hydrogen) atoms. The highest BCUT2D eigenvalue weighted by Gasteiger charge is 2.31. The molecule has 0 aliphatic heterocycles. The molecule has 6 heteroatoms. The Morgan fingerprint density at radius 1 is 1.35 bits per heavy atom. The van der Waals surface area contributed by atoms with Gasteiger partial charge in [-0.2, -0.15) is 18.3 Å². The summed E-state index contributed by atoms with van der Waals surface area (Å²) in [5.41, 5.74) is 4.16. The molecule has 0 spiro atoms. The van der Waals surface area contributed by atoms with Gasteiger partial charge in [0, 0.05) is 5.92 Å². The summed E-state index contributed by atoms with van der Waals surface area (Å²) in [6.07, 6.45) is 4.05. The molecule has 0 unspecified atom stereocenters. The van der Waals surface area contributed by atoms with Crippen molar-refractivity contribution in [1.29, 1.82) is 0 Å². The van der Waals surface area contributed by atoms with Gasteiger partial charge in [-0.25, -0.2) is 0 Å². The van der Waals surface area contributed by atoms with Gasteiger partial charge < -0.3 is 0 Å². The lowest BCUT2D eigenvalue weighted by Crippen LogP contribution is -2.26.